The normalized spacial score (nSPS) is 11.2. The predicted molar refractivity (Wildman–Crippen MR) is 55.3 cm³/mol. The average molecular weight is 184 g/mol. The smallest absolute Gasteiger partial charge is 0.249 e. The first-order chi connectivity index (χ1) is 5.80. The largest absolute Gasteiger partial charge is 0.333 e. The summed E-state index contributed by atoms with van der Waals surface area (Å²) in [4.78, 5) is 13.4. The lowest BCUT2D eigenvalue weighted by Gasteiger charge is -2.35. The quantitative estimate of drug-likeness (QED) is 0.669. The average Bonchev–Trinajstić information content (AvgIpc) is 1.96. The van der Waals surface area contributed by atoms with Crippen molar-refractivity contribution in [2.75, 3.05) is 13.1 Å². The van der Waals surface area contributed by atoms with Crippen molar-refractivity contribution in [3.8, 4) is 0 Å². The second-order valence-corrected chi connectivity index (χ2v) is 4.20. The number of carbonyl (C=O) groups excluding carboxylic acids is 1. The number of hydrogen-bond donors (Lipinski definition) is 1. The van der Waals surface area contributed by atoms with Crippen molar-refractivity contribution >= 4 is 5.91 Å². The Kier molecular flexibility index (Phi) is 4.14. The molecule has 0 fully saturated rings. The van der Waals surface area contributed by atoms with Gasteiger partial charge in [0.05, 0.1) is 0 Å². The van der Waals surface area contributed by atoms with Gasteiger partial charge in [0.2, 0.25) is 5.91 Å². The van der Waals surface area contributed by atoms with Gasteiger partial charge in [0, 0.05) is 24.2 Å². The summed E-state index contributed by atoms with van der Waals surface area (Å²) in [5.74, 6) is -0.0158. The third-order valence-electron chi connectivity index (χ3n) is 1.77. The van der Waals surface area contributed by atoms with Gasteiger partial charge in [0.25, 0.3) is 0 Å². The highest BCUT2D eigenvalue weighted by Crippen LogP contribution is 2.14. The van der Waals surface area contributed by atoms with Gasteiger partial charge in [0.1, 0.15) is 0 Å². The molecule has 3 nitrogen and oxygen atoms in total. The summed E-state index contributed by atoms with van der Waals surface area (Å²) in [6.07, 6.45) is 0. The molecule has 0 aliphatic carbocycles. The molecule has 0 spiro atoms. The Morgan fingerprint density at radius 3 is 2.15 bits per heavy atom. The Morgan fingerprint density at radius 1 is 1.46 bits per heavy atom. The standard InChI is InChI=1S/C10H20N2O/c1-8(2)9(13)12(7-6-11)10(3,4)5/h1,6-7,11H2,2-5H3. The van der Waals surface area contributed by atoms with Gasteiger partial charge in [-0.05, 0) is 27.7 Å². The summed E-state index contributed by atoms with van der Waals surface area (Å²) in [6.45, 7) is 12.4. The fourth-order valence-corrected chi connectivity index (χ4v) is 1.10. The van der Waals surface area contributed by atoms with Crippen LogP contribution in [0.5, 0.6) is 0 Å². The van der Waals surface area contributed by atoms with Crippen LogP contribution in [0.2, 0.25) is 0 Å². The zero-order valence-corrected chi connectivity index (χ0v) is 9.05. The Bertz CT molecular complexity index is 203. The maximum atomic E-state index is 11.7. The van der Waals surface area contributed by atoms with Gasteiger partial charge >= 0.3 is 0 Å². The van der Waals surface area contributed by atoms with Crippen molar-refractivity contribution in [1.29, 1.82) is 0 Å². The summed E-state index contributed by atoms with van der Waals surface area (Å²) in [6, 6.07) is 0. The Morgan fingerprint density at radius 2 is 1.92 bits per heavy atom. The molecule has 0 atom stereocenters. The molecular formula is C10H20N2O. The summed E-state index contributed by atoms with van der Waals surface area (Å²) in [5, 5.41) is 0. The molecule has 1 amide bonds. The summed E-state index contributed by atoms with van der Waals surface area (Å²) in [7, 11) is 0. The van der Waals surface area contributed by atoms with E-state index in [1.807, 2.05) is 20.8 Å². The number of amides is 1. The topological polar surface area (TPSA) is 46.3 Å². The number of nitrogens with zero attached hydrogens (tertiary/aromatic N) is 1. The van der Waals surface area contributed by atoms with Gasteiger partial charge in [-0.15, -0.1) is 0 Å². The maximum Gasteiger partial charge on any atom is 0.249 e. The van der Waals surface area contributed by atoms with E-state index in [1.165, 1.54) is 0 Å². The van der Waals surface area contributed by atoms with Crippen molar-refractivity contribution in [1.82, 2.24) is 4.90 Å². The molecule has 0 radical (unpaired) electrons. The van der Waals surface area contributed by atoms with Crippen LogP contribution >= 0.6 is 0 Å². The molecule has 0 aromatic rings. The lowest BCUT2D eigenvalue weighted by Crippen LogP contribution is -2.48. The van der Waals surface area contributed by atoms with Gasteiger partial charge in [-0.25, -0.2) is 0 Å². The SMILES string of the molecule is C=C(C)C(=O)N(CCN)C(C)(C)C. The van der Waals surface area contributed by atoms with Crippen molar-refractivity contribution in [2.24, 2.45) is 5.73 Å². The minimum atomic E-state index is -0.185. The molecule has 0 saturated carbocycles. The minimum Gasteiger partial charge on any atom is -0.333 e. The highest BCUT2D eigenvalue weighted by molar-refractivity contribution is 5.92. The molecule has 0 aromatic carbocycles. The van der Waals surface area contributed by atoms with Crippen molar-refractivity contribution in [2.45, 2.75) is 33.2 Å². The van der Waals surface area contributed by atoms with Gasteiger partial charge in [-0.3, -0.25) is 4.79 Å². The Hall–Kier alpha value is -0.830. The Balaban J connectivity index is 4.61. The van der Waals surface area contributed by atoms with Gasteiger partial charge < -0.3 is 10.6 Å². The van der Waals surface area contributed by atoms with Crippen LogP contribution < -0.4 is 5.73 Å². The first kappa shape index (κ1) is 12.2. The van der Waals surface area contributed by atoms with E-state index >= 15 is 0 Å². The highest BCUT2D eigenvalue weighted by Gasteiger charge is 2.25. The number of nitrogens with two attached hydrogens (primary N) is 1. The van der Waals surface area contributed by atoms with E-state index in [4.69, 9.17) is 5.73 Å². The van der Waals surface area contributed by atoms with E-state index in [1.54, 1.807) is 11.8 Å². The first-order valence-corrected chi connectivity index (χ1v) is 4.48. The fourth-order valence-electron chi connectivity index (χ4n) is 1.10. The first-order valence-electron chi connectivity index (χ1n) is 4.48. The molecule has 0 aliphatic rings. The molecule has 3 heteroatoms. The van der Waals surface area contributed by atoms with E-state index in [2.05, 4.69) is 6.58 Å². The van der Waals surface area contributed by atoms with Gasteiger partial charge in [-0.1, -0.05) is 6.58 Å². The third kappa shape index (κ3) is 3.59. The van der Waals surface area contributed by atoms with E-state index in [-0.39, 0.29) is 11.4 Å². The van der Waals surface area contributed by atoms with E-state index in [9.17, 15) is 4.79 Å². The molecule has 2 N–H and O–H groups in total. The molecule has 0 bridgehead atoms. The number of rotatable bonds is 3. The van der Waals surface area contributed by atoms with Crippen LogP contribution in [-0.4, -0.2) is 29.4 Å². The molecule has 0 aliphatic heterocycles. The fraction of sp³-hybridized carbons (Fsp3) is 0.700. The van der Waals surface area contributed by atoms with Crippen LogP contribution in [0.4, 0.5) is 0 Å². The van der Waals surface area contributed by atoms with Crippen molar-refractivity contribution in [3.05, 3.63) is 12.2 Å². The van der Waals surface area contributed by atoms with Gasteiger partial charge in [0.15, 0.2) is 0 Å². The molecule has 13 heavy (non-hydrogen) atoms. The maximum absolute atomic E-state index is 11.7. The lowest BCUT2D eigenvalue weighted by molar-refractivity contribution is -0.131. The molecule has 76 valence electrons. The van der Waals surface area contributed by atoms with Crippen LogP contribution in [0.1, 0.15) is 27.7 Å². The van der Waals surface area contributed by atoms with Gasteiger partial charge in [-0.2, -0.15) is 0 Å². The second kappa shape index (κ2) is 4.42. The molecule has 0 aromatic heterocycles. The molecule has 0 heterocycles. The summed E-state index contributed by atoms with van der Waals surface area (Å²) < 4.78 is 0. The van der Waals surface area contributed by atoms with Crippen LogP contribution in [0.15, 0.2) is 12.2 Å². The predicted octanol–water partition coefficient (Wildman–Crippen LogP) is 1.15. The van der Waals surface area contributed by atoms with E-state index < -0.39 is 0 Å². The van der Waals surface area contributed by atoms with Crippen LogP contribution in [0.25, 0.3) is 0 Å². The number of hydrogen-bond acceptors (Lipinski definition) is 2. The van der Waals surface area contributed by atoms with Crippen LogP contribution in [0, 0.1) is 0 Å². The van der Waals surface area contributed by atoms with E-state index in [0.29, 0.717) is 18.7 Å². The molecular weight excluding hydrogens is 164 g/mol. The second-order valence-electron chi connectivity index (χ2n) is 4.20. The lowest BCUT2D eigenvalue weighted by atomic mass is 10.0. The third-order valence-corrected chi connectivity index (χ3v) is 1.77. The summed E-state index contributed by atoms with van der Waals surface area (Å²) >= 11 is 0. The highest BCUT2D eigenvalue weighted by atomic mass is 16.2. The zero-order chi connectivity index (χ0) is 10.6. The van der Waals surface area contributed by atoms with Crippen molar-refractivity contribution in [3.63, 3.8) is 0 Å². The minimum absolute atomic E-state index is 0.0158. The zero-order valence-electron chi connectivity index (χ0n) is 9.05. The van der Waals surface area contributed by atoms with Crippen LogP contribution in [-0.2, 0) is 4.79 Å². The molecule has 0 unspecified atom stereocenters. The number of carbonyl (C=O) groups is 1. The molecule has 0 saturated heterocycles. The van der Waals surface area contributed by atoms with Crippen molar-refractivity contribution < 1.29 is 4.79 Å². The van der Waals surface area contributed by atoms with Crippen LogP contribution in [0.3, 0.4) is 0 Å². The monoisotopic (exact) mass is 184 g/mol. The van der Waals surface area contributed by atoms with E-state index in [0.717, 1.165) is 0 Å². The summed E-state index contributed by atoms with van der Waals surface area (Å²) in [5.41, 5.74) is 5.81. The molecule has 0 rings (SSSR count). The Labute approximate surface area is 80.6 Å².